The van der Waals surface area contributed by atoms with Crippen molar-refractivity contribution in [1.29, 1.82) is 0 Å². The highest BCUT2D eigenvalue weighted by Crippen LogP contribution is 2.32. The first-order valence-corrected chi connectivity index (χ1v) is 5.08. The average Bonchev–Trinajstić information content (AvgIpc) is 2.46. The van der Waals surface area contributed by atoms with E-state index in [4.69, 9.17) is 5.73 Å². The predicted molar refractivity (Wildman–Crippen MR) is 56.6 cm³/mol. The molecule has 1 heterocycles. The minimum Gasteiger partial charge on any atom is -0.383 e. The van der Waals surface area contributed by atoms with Gasteiger partial charge in [0, 0.05) is 4.88 Å². The van der Waals surface area contributed by atoms with Crippen LogP contribution in [0.3, 0.4) is 0 Å². The van der Waals surface area contributed by atoms with Gasteiger partial charge in [0.2, 0.25) is 0 Å². The second-order valence-electron chi connectivity index (χ2n) is 3.06. The highest BCUT2D eigenvalue weighted by Gasteiger charge is 2.15. The molecule has 0 radical (unpaired) electrons. The molecule has 0 unspecified atom stereocenters. The fourth-order valence-corrected chi connectivity index (χ4v) is 2.10. The molecule has 1 aromatic carbocycles. The number of nitrogens with zero attached hydrogens (tertiary/aromatic N) is 1. The van der Waals surface area contributed by atoms with E-state index in [0.717, 1.165) is 4.88 Å². The number of anilines is 1. The van der Waals surface area contributed by atoms with Gasteiger partial charge in [-0.1, -0.05) is 6.07 Å². The van der Waals surface area contributed by atoms with Crippen molar-refractivity contribution in [3.63, 3.8) is 0 Å². The maximum Gasteiger partial charge on any atom is 0.138 e. The van der Waals surface area contributed by atoms with E-state index < -0.39 is 11.6 Å². The number of rotatable bonds is 1. The summed E-state index contributed by atoms with van der Waals surface area (Å²) in [5.41, 5.74) is 5.42. The van der Waals surface area contributed by atoms with Gasteiger partial charge in [0.05, 0.1) is 5.56 Å². The zero-order valence-electron chi connectivity index (χ0n) is 7.92. The van der Waals surface area contributed by atoms with E-state index in [2.05, 4.69) is 4.98 Å². The first-order chi connectivity index (χ1) is 7.09. The maximum atomic E-state index is 13.4. The van der Waals surface area contributed by atoms with Gasteiger partial charge in [-0.25, -0.2) is 13.8 Å². The van der Waals surface area contributed by atoms with Crippen LogP contribution in [0.15, 0.2) is 18.2 Å². The van der Waals surface area contributed by atoms with Crippen molar-refractivity contribution in [3.05, 3.63) is 34.7 Å². The molecule has 0 atom stereocenters. The zero-order valence-corrected chi connectivity index (χ0v) is 8.74. The summed E-state index contributed by atoms with van der Waals surface area (Å²) in [4.78, 5) is 4.68. The van der Waals surface area contributed by atoms with Gasteiger partial charge in [-0.15, -0.1) is 11.3 Å². The number of halogens is 2. The van der Waals surface area contributed by atoms with Gasteiger partial charge in [-0.2, -0.15) is 0 Å². The summed E-state index contributed by atoms with van der Waals surface area (Å²) in [5, 5.41) is 0.278. The average molecular weight is 226 g/mol. The molecule has 1 aromatic heterocycles. The van der Waals surface area contributed by atoms with Crippen LogP contribution >= 0.6 is 11.3 Å². The zero-order chi connectivity index (χ0) is 11.0. The van der Waals surface area contributed by atoms with E-state index in [0.29, 0.717) is 5.82 Å². The van der Waals surface area contributed by atoms with Crippen LogP contribution in [-0.4, -0.2) is 4.98 Å². The second-order valence-corrected chi connectivity index (χ2v) is 4.26. The number of thiazole rings is 1. The van der Waals surface area contributed by atoms with Gasteiger partial charge >= 0.3 is 0 Å². The summed E-state index contributed by atoms with van der Waals surface area (Å²) < 4.78 is 26.7. The van der Waals surface area contributed by atoms with Gasteiger partial charge < -0.3 is 5.73 Å². The number of nitrogens with two attached hydrogens (primary N) is 1. The van der Waals surface area contributed by atoms with Crippen molar-refractivity contribution in [2.24, 2.45) is 0 Å². The number of benzene rings is 1. The quantitative estimate of drug-likeness (QED) is 0.811. The minimum atomic E-state index is -0.622. The molecule has 2 N–H and O–H groups in total. The molecule has 0 saturated heterocycles. The topological polar surface area (TPSA) is 38.9 Å². The summed E-state index contributed by atoms with van der Waals surface area (Å²) in [6.45, 7) is 1.76. The monoisotopic (exact) mass is 226 g/mol. The minimum absolute atomic E-state index is 0.109. The van der Waals surface area contributed by atoms with Crippen LogP contribution in [0.2, 0.25) is 0 Å². The number of aromatic nitrogens is 1. The Morgan fingerprint density at radius 2 is 1.87 bits per heavy atom. The van der Waals surface area contributed by atoms with E-state index in [-0.39, 0.29) is 10.6 Å². The van der Waals surface area contributed by atoms with E-state index in [1.165, 1.54) is 29.5 Å². The van der Waals surface area contributed by atoms with Crippen LogP contribution in [-0.2, 0) is 0 Å². The molecule has 0 aliphatic heterocycles. The number of nitrogen functional groups attached to an aromatic ring is 1. The predicted octanol–water partition coefficient (Wildman–Crippen LogP) is 2.98. The van der Waals surface area contributed by atoms with Crippen LogP contribution in [0.4, 0.5) is 14.6 Å². The van der Waals surface area contributed by atoms with Gasteiger partial charge in [0.25, 0.3) is 0 Å². The van der Waals surface area contributed by atoms with Crippen LogP contribution in [0, 0.1) is 18.6 Å². The fraction of sp³-hybridized carbons (Fsp3) is 0.100. The lowest BCUT2D eigenvalue weighted by Gasteiger charge is -1.99. The van der Waals surface area contributed by atoms with Gasteiger partial charge in [0.1, 0.15) is 22.5 Å². The Kier molecular flexibility index (Phi) is 2.40. The molecule has 2 aromatic rings. The number of aryl methyl sites for hydroxylation is 1. The molecule has 0 aliphatic carbocycles. The molecule has 2 nitrogen and oxygen atoms in total. The van der Waals surface area contributed by atoms with Crippen molar-refractivity contribution >= 4 is 17.2 Å². The van der Waals surface area contributed by atoms with Crippen molar-refractivity contribution in [1.82, 2.24) is 4.98 Å². The van der Waals surface area contributed by atoms with E-state index >= 15 is 0 Å². The van der Waals surface area contributed by atoms with Crippen LogP contribution in [0.5, 0.6) is 0 Å². The molecule has 15 heavy (non-hydrogen) atoms. The Bertz CT molecular complexity index is 468. The van der Waals surface area contributed by atoms with Crippen molar-refractivity contribution < 1.29 is 8.78 Å². The number of hydrogen-bond donors (Lipinski definition) is 1. The van der Waals surface area contributed by atoms with Crippen LogP contribution in [0.1, 0.15) is 4.88 Å². The largest absolute Gasteiger partial charge is 0.383 e. The van der Waals surface area contributed by atoms with Crippen LogP contribution in [0.25, 0.3) is 10.6 Å². The Balaban J connectivity index is 2.63. The smallest absolute Gasteiger partial charge is 0.138 e. The third kappa shape index (κ3) is 1.70. The Morgan fingerprint density at radius 1 is 1.27 bits per heavy atom. The third-order valence-electron chi connectivity index (χ3n) is 2.01. The van der Waals surface area contributed by atoms with E-state index in [9.17, 15) is 8.78 Å². The Hall–Kier alpha value is -1.49. The first-order valence-electron chi connectivity index (χ1n) is 4.27. The standard InChI is InChI=1S/C10H8F2N2S/c1-5-9(13)14-10(15-5)8-6(11)3-2-4-7(8)12/h2-4H,13H2,1H3. The molecule has 78 valence electrons. The van der Waals surface area contributed by atoms with Gasteiger partial charge in [-0.05, 0) is 19.1 Å². The molecule has 0 aliphatic rings. The highest BCUT2D eigenvalue weighted by molar-refractivity contribution is 7.15. The van der Waals surface area contributed by atoms with Crippen molar-refractivity contribution in [2.75, 3.05) is 5.73 Å². The van der Waals surface area contributed by atoms with Gasteiger partial charge in [-0.3, -0.25) is 0 Å². The molecule has 0 amide bonds. The van der Waals surface area contributed by atoms with E-state index in [1.807, 2.05) is 0 Å². The third-order valence-corrected chi connectivity index (χ3v) is 3.01. The summed E-state index contributed by atoms with van der Waals surface area (Å²) in [6.07, 6.45) is 0. The van der Waals surface area contributed by atoms with Crippen LogP contribution < -0.4 is 5.73 Å². The molecule has 5 heteroatoms. The summed E-state index contributed by atoms with van der Waals surface area (Å²) in [5.74, 6) is -0.926. The molecule has 0 bridgehead atoms. The lowest BCUT2D eigenvalue weighted by molar-refractivity contribution is 0.589. The summed E-state index contributed by atoms with van der Waals surface area (Å²) in [7, 11) is 0. The molecular weight excluding hydrogens is 218 g/mol. The maximum absolute atomic E-state index is 13.4. The normalized spacial score (nSPS) is 10.6. The number of hydrogen-bond acceptors (Lipinski definition) is 3. The molecule has 0 fully saturated rings. The first kappa shape index (κ1) is 10.0. The molecule has 2 rings (SSSR count). The van der Waals surface area contributed by atoms with Gasteiger partial charge in [0.15, 0.2) is 0 Å². The lowest BCUT2D eigenvalue weighted by Crippen LogP contribution is -1.90. The second kappa shape index (κ2) is 3.58. The Morgan fingerprint density at radius 3 is 2.33 bits per heavy atom. The van der Waals surface area contributed by atoms with E-state index in [1.54, 1.807) is 6.92 Å². The fourth-order valence-electron chi connectivity index (χ4n) is 1.22. The highest BCUT2D eigenvalue weighted by atomic mass is 32.1. The Labute approximate surface area is 89.4 Å². The van der Waals surface area contributed by atoms with Crippen molar-refractivity contribution in [3.8, 4) is 10.6 Å². The lowest BCUT2D eigenvalue weighted by atomic mass is 10.2. The molecule has 0 saturated carbocycles. The summed E-state index contributed by atoms with van der Waals surface area (Å²) >= 11 is 1.18. The molecule has 0 spiro atoms. The van der Waals surface area contributed by atoms with Crippen molar-refractivity contribution in [2.45, 2.75) is 6.92 Å². The summed E-state index contributed by atoms with van der Waals surface area (Å²) in [6, 6.07) is 3.72. The SMILES string of the molecule is Cc1sc(-c2c(F)cccc2F)nc1N. The molecular formula is C10H8F2N2S.